The van der Waals surface area contributed by atoms with Crippen molar-refractivity contribution in [2.24, 2.45) is 0 Å². The number of furan rings is 1. The fraction of sp³-hybridized carbons (Fsp3) is 0.353. The Labute approximate surface area is 141 Å². The number of sulfonamides is 1. The topological polar surface area (TPSA) is 70.8 Å². The minimum Gasteiger partial charge on any atom is -0.455 e. The predicted octanol–water partition coefficient (Wildman–Crippen LogP) is 2.43. The zero-order valence-electron chi connectivity index (χ0n) is 14.1. The van der Waals surface area contributed by atoms with E-state index in [2.05, 4.69) is 0 Å². The second kappa shape index (κ2) is 5.75. The highest BCUT2D eigenvalue weighted by molar-refractivity contribution is 7.89. The SMILES string of the molecule is Cc1oc(C(=O)N2c3ccccc3C[C@H]2C)cc1S(=O)(=O)N(C)C. The van der Waals surface area contributed by atoms with Crippen LogP contribution < -0.4 is 4.90 Å². The molecule has 0 saturated carbocycles. The molecular formula is C17H20N2O4S. The van der Waals surface area contributed by atoms with E-state index in [-0.39, 0.29) is 28.4 Å². The fourth-order valence-corrected chi connectivity index (χ4v) is 4.07. The molecule has 0 fully saturated rings. The number of amides is 1. The Morgan fingerprint density at radius 1 is 1.29 bits per heavy atom. The second-order valence-electron chi connectivity index (χ2n) is 6.18. The van der Waals surface area contributed by atoms with E-state index in [0.717, 1.165) is 22.0 Å². The molecule has 1 aliphatic heterocycles. The maximum atomic E-state index is 12.9. The normalized spacial score (nSPS) is 17.4. The molecule has 0 aliphatic carbocycles. The van der Waals surface area contributed by atoms with Gasteiger partial charge in [-0.15, -0.1) is 0 Å². The molecule has 6 nitrogen and oxygen atoms in total. The lowest BCUT2D eigenvalue weighted by Crippen LogP contribution is -2.35. The first-order valence-corrected chi connectivity index (χ1v) is 9.12. The van der Waals surface area contributed by atoms with Gasteiger partial charge in [-0.2, -0.15) is 0 Å². The van der Waals surface area contributed by atoms with Crippen LogP contribution in [-0.2, 0) is 16.4 Å². The molecule has 24 heavy (non-hydrogen) atoms. The largest absolute Gasteiger partial charge is 0.455 e. The van der Waals surface area contributed by atoms with Gasteiger partial charge in [0.2, 0.25) is 10.0 Å². The third-order valence-corrected chi connectivity index (χ3v) is 6.19. The predicted molar refractivity (Wildman–Crippen MR) is 90.7 cm³/mol. The van der Waals surface area contributed by atoms with Crippen LogP contribution in [0.2, 0.25) is 0 Å². The van der Waals surface area contributed by atoms with Gasteiger partial charge < -0.3 is 9.32 Å². The maximum absolute atomic E-state index is 12.9. The van der Waals surface area contributed by atoms with E-state index in [1.165, 1.54) is 20.2 Å². The van der Waals surface area contributed by atoms with Crippen LogP contribution in [0.5, 0.6) is 0 Å². The average molecular weight is 348 g/mol. The second-order valence-corrected chi connectivity index (χ2v) is 8.30. The molecule has 1 aromatic carbocycles. The summed E-state index contributed by atoms with van der Waals surface area (Å²) >= 11 is 0. The van der Waals surface area contributed by atoms with Crippen LogP contribution in [0.4, 0.5) is 5.69 Å². The van der Waals surface area contributed by atoms with Gasteiger partial charge in [0.1, 0.15) is 10.7 Å². The Bertz CT molecular complexity index is 899. The molecule has 0 saturated heterocycles. The standard InChI is InChI=1S/C17H20N2O4S/c1-11-9-13-7-5-6-8-14(13)19(11)17(20)15-10-16(12(2)23-15)24(21,22)18(3)4/h5-8,10-11H,9H2,1-4H3/t11-/m1/s1. The molecule has 1 aliphatic rings. The van der Waals surface area contributed by atoms with Crippen LogP contribution in [0.15, 0.2) is 39.6 Å². The fourth-order valence-electron chi connectivity index (χ4n) is 3.02. The first-order chi connectivity index (χ1) is 11.2. The Balaban J connectivity index is 2.01. The summed E-state index contributed by atoms with van der Waals surface area (Å²) < 4.78 is 31.2. The van der Waals surface area contributed by atoms with Gasteiger partial charge in [0.25, 0.3) is 5.91 Å². The van der Waals surface area contributed by atoms with E-state index in [9.17, 15) is 13.2 Å². The molecule has 7 heteroatoms. The molecule has 0 bridgehead atoms. The van der Waals surface area contributed by atoms with Crippen LogP contribution in [0, 0.1) is 6.92 Å². The lowest BCUT2D eigenvalue weighted by molar-refractivity contribution is 0.0953. The lowest BCUT2D eigenvalue weighted by atomic mass is 10.1. The molecular weight excluding hydrogens is 328 g/mol. The summed E-state index contributed by atoms with van der Waals surface area (Å²) in [6.45, 7) is 3.51. The van der Waals surface area contributed by atoms with Gasteiger partial charge in [-0.1, -0.05) is 18.2 Å². The smallest absolute Gasteiger partial charge is 0.294 e. The number of hydrogen-bond donors (Lipinski definition) is 0. The number of carbonyl (C=O) groups is 1. The van der Waals surface area contributed by atoms with E-state index >= 15 is 0 Å². The summed E-state index contributed by atoms with van der Waals surface area (Å²) in [6, 6.07) is 9.03. The quantitative estimate of drug-likeness (QED) is 0.854. The summed E-state index contributed by atoms with van der Waals surface area (Å²) in [6.07, 6.45) is 0.768. The van der Waals surface area contributed by atoms with Crippen LogP contribution in [-0.4, -0.2) is 38.8 Å². The molecule has 0 radical (unpaired) electrons. The van der Waals surface area contributed by atoms with Crippen LogP contribution in [0.25, 0.3) is 0 Å². The molecule has 2 aromatic rings. The number of fused-ring (bicyclic) bond motifs is 1. The number of hydrogen-bond acceptors (Lipinski definition) is 4. The monoisotopic (exact) mass is 348 g/mol. The lowest BCUT2D eigenvalue weighted by Gasteiger charge is -2.21. The van der Waals surface area contributed by atoms with Gasteiger partial charge in [-0.25, -0.2) is 12.7 Å². The van der Waals surface area contributed by atoms with E-state index in [4.69, 9.17) is 4.42 Å². The van der Waals surface area contributed by atoms with Gasteiger partial charge in [0.05, 0.1) is 0 Å². The van der Waals surface area contributed by atoms with E-state index in [1.54, 1.807) is 11.8 Å². The molecule has 0 unspecified atom stereocenters. The number of para-hydroxylation sites is 1. The zero-order chi connectivity index (χ0) is 17.6. The highest BCUT2D eigenvalue weighted by Gasteiger charge is 2.34. The molecule has 1 atom stereocenters. The highest BCUT2D eigenvalue weighted by atomic mass is 32.2. The summed E-state index contributed by atoms with van der Waals surface area (Å²) in [7, 11) is -0.756. The van der Waals surface area contributed by atoms with Crippen molar-refractivity contribution in [1.29, 1.82) is 0 Å². The van der Waals surface area contributed by atoms with Crippen molar-refractivity contribution in [3.05, 3.63) is 47.4 Å². The highest BCUT2D eigenvalue weighted by Crippen LogP contribution is 2.34. The van der Waals surface area contributed by atoms with Crippen molar-refractivity contribution in [3.8, 4) is 0 Å². The van der Waals surface area contributed by atoms with Crippen molar-refractivity contribution in [2.75, 3.05) is 19.0 Å². The van der Waals surface area contributed by atoms with Crippen molar-refractivity contribution >= 4 is 21.6 Å². The summed E-state index contributed by atoms with van der Waals surface area (Å²) in [4.78, 5) is 14.6. The molecule has 1 aromatic heterocycles. The van der Waals surface area contributed by atoms with Crippen molar-refractivity contribution in [1.82, 2.24) is 4.31 Å². The molecule has 1 amide bonds. The average Bonchev–Trinajstić information content (AvgIpc) is 3.06. The maximum Gasteiger partial charge on any atom is 0.294 e. The zero-order valence-corrected chi connectivity index (χ0v) is 14.9. The Hall–Kier alpha value is -2.12. The third-order valence-electron chi connectivity index (χ3n) is 4.27. The van der Waals surface area contributed by atoms with Gasteiger partial charge >= 0.3 is 0 Å². The van der Waals surface area contributed by atoms with Gasteiger partial charge in [0, 0.05) is 31.9 Å². The van der Waals surface area contributed by atoms with Crippen molar-refractivity contribution < 1.29 is 17.6 Å². The number of rotatable bonds is 3. The molecule has 0 N–H and O–H groups in total. The molecule has 128 valence electrons. The van der Waals surface area contributed by atoms with Crippen molar-refractivity contribution in [2.45, 2.75) is 31.2 Å². The summed E-state index contributed by atoms with van der Waals surface area (Å²) in [5.74, 6) is -0.0700. The Kier molecular flexibility index (Phi) is 4.01. The van der Waals surface area contributed by atoms with Crippen LogP contribution in [0.3, 0.4) is 0 Å². The Morgan fingerprint density at radius 3 is 2.62 bits per heavy atom. The number of nitrogens with zero attached hydrogens (tertiary/aromatic N) is 2. The van der Waals surface area contributed by atoms with Crippen LogP contribution >= 0.6 is 0 Å². The van der Waals surface area contributed by atoms with E-state index in [0.29, 0.717) is 0 Å². The molecule has 2 heterocycles. The van der Waals surface area contributed by atoms with Gasteiger partial charge in [0.15, 0.2) is 5.76 Å². The number of benzene rings is 1. The van der Waals surface area contributed by atoms with E-state index < -0.39 is 10.0 Å². The molecule has 0 spiro atoms. The minimum atomic E-state index is -3.65. The summed E-state index contributed by atoms with van der Waals surface area (Å²) in [5, 5.41) is 0. The van der Waals surface area contributed by atoms with E-state index in [1.807, 2.05) is 31.2 Å². The number of carbonyl (C=O) groups excluding carboxylic acids is 1. The van der Waals surface area contributed by atoms with Gasteiger partial charge in [-0.05, 0) is 31.9 Å². The van der Waals surface area contributed by atoms with Gasteiger partial charge in [-0.3, -0.25) is 4.79 Å². The van der Waals surface area contributed by atoms with Crippen LogP contribution in [0.1, 0.15) is 28.8 Å². The summed E-state index contributed by atoms with van der Waals surface area (Å²) in [5.41, 5.74) is 1.95. The van der Waals surface area contributed by atoms with Crippen molar-refractivity contribution in [3.63, 3.8) is 0 Å². The minimum absolute atomic E-state index is 0.00536. The first kappa shape index (κ1) is 16.7. The first-order valence-electron chi connectivity index (χ1n) is 7.68. The number of aryl methyl sites for hydroxylation is 1. The number of anilines is 1. The third kappa shape index (κ3) is 2.53. The molecule has 3 rings (SSSR count). The Morgan fingerprint density at radius 2 is 1.96 bits per heavy atom.